The van der Waals surface area contributed by atoms with Crippen molar-refractivity contribution in [3.8, 4) is 5.69 Å². The van der Waals surface area contributed by atoms with E-state index in [4.69, 9.17) is 0 Å². The Hall–Kier alpha value is -2.95. The average Bonchev–Trinajstić information content (AvgIpc) is 3.17. The van der Waals surface area contributed by atoms with E-state index in [0.29, 0.717) is 6.42 Å². The predicted molar refractivity (Wildman–Crippen MR) is 97.3 cm³/mol. The van der Waals surface area contributed by atoms with E-state index in [0.717, 1.165) is 29.8 Å². The lowest BCUT2D eigenvalue weighted by Gasteiger charge is -2.15. The Morgan fingerprint density at radius 2 is 2.12 bits per heavy atom. The van der Waals surface area contributed by atoms with Crippen molar-refractivity contribution in [2.24, 2.45) is 0 Å². The van der Waals surface area contributed by atoms with Gasteiger partial charge < -0.3 is 9.88 Å². The van der Waals surface area contributed by atoms with Crippen LogP contribution in [-0.4, -0.2) is 20.4 Å². The molecule has 25 heavy (non-hydrogen) atoms. The summed E-state index contributed by atoms with van der Waals surface area (Å²) in [6.45, 7) is 2.00. The first-order valence-corrected chi connectivity index (χ1v) is 8.50. The van der Waals surface area contributed by atoms with E-state index in [9.17, 15) is 4.79 Å². The molecule has 1 atom stereocenters. The molecule has 0 saturated heterocycles. The summed E-state index contributed by atoms with van der Waals surface area (Å²) in [6, 6.07) is 13.9. The van der Waals surface area contributed by atoms with Gasteiger partial charge in [0.1, 0.15) is 0 Å². The zero-order valence-corrected chi connectivity index (χ0v) is 14.3. The molecule has 0 unspecified atom stereocenters. The van der Waals surface area contributed by atoms with Crippen molar-refractivity contribution in [2.45, 2.75) is 32.2 Å². The van der Waals surface area contributed by atoms with E-state index in [1.165, 1.54) is 0 Å². The van der Waals surface area contributed by atoms with E-state index >= 15 is 0 Å². The van der Waals surface area contributed by atoms with Gasteiger partial charge in [-0.1, -0.05) is 18.2 Å². The lowest BCUT2D eigenvalue weighted by Crippen LogP contribution is -2.26. The monoisotopic (exact) mass is 334 g/mol. The van der Waals surface area contributed by atoms with Crippen LogP contribution in [0.4, 0.5) is 0 Å². The number of aromatic nitrogens is 3. The molecule has 3 rings (SSSR count). The predicted octanol–water partition coefficient (Wildman–Crippen LogP) is 3.47. The van der Waals surface area contributed by atoms with E-state index in [2.05, 4.69) is 21.4 Å². The Morgan fingerprint density at radius 1 is 1.20 bits per heavy atom. The molecule has 3 aromatic rings. The van der Waals surface area contributed by atoms with Gasteiger partial charge in [-0.3, -0.25) is 9.78 Å². The minimum Gasteiger partial charge on any atom is -0.350 e. The Morgan fingerprint density at radius 3 is 2.88 bits per heavy atom. The van der Waals surface area contributed by atoms with Crippen LogP contribution in [0, 0.1) is 0 Å². The summed E-state index contributed by atoms with van der Waals surface area (Å²) in [4.78, 5) is 20.5. The molecule has 128 valence electrons. The summed E-state index contributed by atoms with van der Waals surface area (Å²) in [6.07, 6.45) is 9.32. The van der Waals surface area contributed by atoms with Crippen molar-refractivity contribution in [1.29, 1.82) is 0 Å². The topological polar surface area (TPSA) is 59.8 Å². The maximum absolute atomic E-state index is 12.2. The first-order valence-electron chi connectivity index (χ1n) is 8.50. The second kappa shape index (κ2) is 8.24. The number of nitrogens with zero attached hydrogens (tertiary/aromatic N) is 3. The Balaban J connectivity index is 1.52. The molecular formula is C20H22N4O. The zero-order chi connectivity index (χ0) is 17.5. The second-order valence-electron chi connectivity index (χ2n) is 6.03. The maximum atomic E-state index is 12.2. The number of benzene rings is 1. The number of carbonyl (C=O) groups is 1. The lowest BCUT2D eigenvalue weighted by molar-refractivity contribution is -0.121. The molecule has 0 saturated carbocycles. The number of imidazole rings is 1. The molecule has 0 spiro atoms. The normalized spacial score (nSPS) is 11.9. The molecule has 2 aromatic heterocycles. The molecule has 0 radical (unpaired) electrons. The molecule has 1 N–H and O–H groups in total. The van der Waals surface area contributed by atoms with Crippen LogP contribution >= 0.6 is 0 Å². The molecule has 5 heteroatoms. The van der Waals surface area contributed by atoms with Crippen molar-refractivity contribution in [2.75, 3.05) is 0 Å². The Bertz CT molecular complexity index is 800. The van der Waals surface area contributed by atoms with Crippen LogP contribution in [0.3, 0.4) is 0 Å². The third kappa shape index (κ3) is 4.76. The molecule has 5 nitrogen and oxygen atoms in total. The summed E-state index contributed by atoms with van der Waals surface area (Å²) in [7, 11) is 0. The summed E-state index contributed by atoms with van der Waals surface area (Å²) >= 11 is 0. The van der Waals surface area contributed by atoms with Gasteiger partial charge in [0.05, 0.1) is 12.4 Å². The number of amides is 1. The minimum absolute atomic E-state index is 0.0363. The number of rotatable bonds is 7. The lowest BCUT2D eigenvalue weighted by atomic mass is 10.1. The van der Waals surface area contributed by atoms with Crippen molar-refractivity contribution >= 4 is 5.91 Å². The molecule has 2 heterocycles. The van der Waals surface area contributed by atoms with Gasteiger partial charge in [0.2, 0.25) is 5.91 Å². The summed E-state index contributed by atoms with van der Waals surface area (Å²) in [5, 5.41) is 3.07. The van der Waals surface area contributed by atoms with Crippen LogP contribution < -0.4 is 5.32 Å². The number of aryl methyl sites for hydroxylation is 1. The van der Waals surface area contributed by atoms with Gasteiger partial charge in [-0.25, -0.2) is 4.98 Å². The molecule has 0 bridgehead atoms. The highest BCUT2D eigenvalue weighted by atomic mass is 16.1. The number of hydrogen-bond acceptors (Lipinski definition) is 3. The maximum Gasteiger partial charge on any atom is 0.220 e. The van der Waals surface area contributed by atoms with E-state index in [1.807, 2.05) is 54.1 Å². The van der Waals surface area contributed by atoms with Gasteiger partial charge >= 0.3 is 0 Å². The Kier molecular flexibility index (Phi) is 5.57. The highest BCUT2D eigenvalue weighted by Gasteiger charge is 2.10. The van der Waals surface area contributed by atoms with Gasteiger partial charge in [0, 0.05) is 36.4 Å². The van der Waals surface area contributed by atoms with Gasteiger partial charge in [-0.15, -0.1) is 0 Å². The molecule has 0 aliphatic heterocycles. The van der Waals surface area contributed by atoms with Gasteiger partial charge in [0.15, 0.2) is 0 Å². The van der Waals surface area contributed by atoms with Gasteiger partial charge in [0.25, 0.3) is 0 Å². The van der Waals surface area contributed by atoms with Crippen LogP contribution in [0.2, 0.25) is 0 Å². The van der Waals surface area contributed by atoms with Crippen LogP contribution in [0.15, 0.2) is 67.4 Å². The van der Waals surface area contributed by atoms with Gasteiger partial charge in [-0.05, 0) is 49.6 Å². The highest BCUT2D eigenvalue weighted by Crippen LogP contribution is 2.17. The molecular weight excluding hydrogens is 312 g/mol. The van der Waals surface area contributed by atoms with Crippen LogP contribution in [0.5, 0.6) is 0 Å². The quantitative estimate of drug-likeness (QED) is 0.720. The van der Waals surface area contributed by atoms with Crippen molar-refractivity contribution in [3.63, 3.8) is 0 Å². The third-order valence-corrected chi connectivity index (χ3v) is 4.11. The van der Waals surface area contributed by atoms with Crippen LogP contribution in [0.25, 0.3) is 5.69 Å². The fourth-order valence-corrected chi connectivity index (χ4v) is 2.74. The molecule has 0 aliphatic rings. The second-order valence-corrected chi connectivity index (χ2v) is 6.03. The summed E-state index contributed by atoms with van der Waals surface area (Å²) < 4.78 is 1.95. The molecule has 1 aromatic carbocycles. The fraction of sp³-hybridized carbons (Fsp3) is 0.250. The molecule has 0 aliphatic carbocycles. The summed E-state index contributed by atoms with van der Waals surface area (Å²) in [5.74, 6) is 0.0662. The Labute approximate surface area is 147 Å². The standard InChI is InChI=1S/C20H22N4O/c1-16(17-6-4-9-19(14-17)24-13-12-21-15-24)23-20(25)10-5-8-18-7-2-3-11-22-18/h2-4,6-7,9,11-16H,5,8,10H2,1H3,(H,23,25)/t16-/m0/s1. The first kappa shape index (κ1) is 16.9. The van der Waals surface area contributed by atoms with Gasteiger partial charge in [-0.2, -0.15) is 0 Å². The zero-order valence-electron chi connectivity index (χ0n) is 14.3. The smallest absolute Gasteiger partial charge is 0.220 e. The average molecular weight is 334 g/mol. The SMILES string of the molecule is C[C@H](NC(=O)CCCc1ccccn1)c1cccc(-n2ccnc2)c1. The number of pyridine rings is 1. The van der Waals surface area contributed by atoms with Crippen LogP contribution in [0.1, 0.15) is 37.1 Å². The largest absolute Gasteiger partial charge is 0.350 e. The number of hydrogen-bond donors (Lipinski definition) is 1. The molecule has 0 fully saturated rings. The van der Waals surface area contributed by atoms with E-state index in [-0.39, 0.29) is 11.9 Å². The van der Waals surface area contributed by atoms with Crippen molar-refractivity contribution in [3.05, 3.63) is 78.6 Å². The van der Waals surface area contributed by atoms with E-state index in [1.54, 1.807) is 18.7 Å². The number of carbonyl (C=O) groups excluding carboxylic acids is 1. The first-order chi connectivity index (χ1) is 12.2. The van der Waals surface area contributed by atoms with Crippen molar-refractivity contribution < 1.29 is 4.79 Å². The fourth-order valence-electron chi connectivity index (χ4n) is 2.74. The minimum atomic E-state index is -0.0363. The van der Waals surface area contributed by atoms with Crippen molar-refractivity contribution in [1.82, 2.24) is 19.9 Å². The van der Waals surface area contributed by atoms with E-state index < -0.39 is 0 Å². The molecule has 1 amide bonds. The van der Waals surface area contributed by atoms with Crippen LogP contribution in [-0.2, 0) is 11.2 Å². The third-order valence-electron chi connectivity index (χ3n) is 4.11. The summed E-state index contributed by atoms with van der Waals surface area (Å²) in [5.41, 5.74) is 3.13. The highest BCUT2D eigenvalue weighted by molar-refractivity contribution is 5.76. The number of nitrogens with one attached hydrogen (secondary N) is 1.